The van der Waals surface area contributed by atoms with Crippen molar-refractivity contribution in [3.8, 4) is 0 Å². The van der Waals surface area contributed by atoms with Crippen LogP contribution in [0.15, 0.2) is 23.3 Å². The van der Waals surface area contributed by atoms with Crippen LogP contribution in [0.3, 0.4) is 0 Å². The van der Waals surface area contributed by atoms with Crippen molar-refractivity contribution in [2.75, 3.05) is 13.2 Å². The lowest BCUT2D eigenvalue weighted by atomic mass is 9.70. The number of hydrogen-bond donors (Lipinski definition) is 0. The van der Waals surface area contributed by atoms with E-state index in [1.807, 2.05) is 0 Å². The van der Waals surface area contributed by atoms with Gasteiger partial charge in [-0.3, -0.25) is 0 Å². The van der Waals surface area contributed by atoms with Gasteiger partial charge in [0, 0.05) is 0 Å². The van der Waals surface area contributed by atoms with Crippen LogP contribution in [0.4, 0.5) is 0 Å². The number of unbranched alkanes of at least 4 members (excludes halogenated alkanes) is 8. The first-order valence-electron chi connectivity index (χ1n) is 19.2. The molecule has 2 fully saturated rings. The molecule has 4 aliphatic carbocycles. The van der Waals surface area contributed by atoms with E-state index < -0.39 is 0 Å². The first kappa shape index (κ1) is 33.3. The molecular formula is C40H70O. The fourth-order valence-corrected chi connectivity index (χ4v) is 9.22. The van der Waals surface area contributed by atoms with E-state index in [4.69, 9.17) is 4.74 Å². The van der Waals surface area contributed by atoms with Crippen LogP contribution in [-0.2, 0) is 4.74 Å². The first-order chi connectivity index (χ1) is 20.2. The molecule has 0 heterocycles. The average Bonchev–Trinajstić information content (AvgIpc) is 3.02. The summed E-state index contributed by atoms with van der Waals surface area (Å²) in [6.07, 6.45) is 42.9. The molecule has 4 rings (SSSR count). The predicted octanol–water partition coefficient (Wildman–Crippen LogP) is 12.8. The van der Waals surface area contributed by atoms with Gasteiger partial charge in [0.25, 0.3) is 0 Å². The summed E-state index contributed by atoms with van der Waals surface area (Å²) in [5.74, 6) is 6.04. The Hall–Kier alpha value is -0.560. The third-order valence-corrected chi connectivity index (χ3v) is 12.2. The van der Waals surface area contributed by atoms with Crippen molar-refractivity contribution in [2.24, 2.45) is 35.5 Å². The summed E-state index contributed by atoms with van der Waals surface area (Å²) < 4.78 is 6.29. The molecule has 4 aliphatic rings. The van der Waals surface area contributed by atoms with Crippen molar-refractivity contribution < 1.29 is 4.74 Å². The highest BCUT2D eigenvalue weighted by molar-refractivity contribution is 5.10. The minimum absolute atomic E-state index is 0.890. The Morgan fingerprint density at radius 2 is 0.902 bits per heavy atom. The van der Waals surface area contributed by atoms with E-state index in [1.165, 1.54) is 167 Å². The van der Waals surface area contributed by atoms with Gasteiger partial charge in [0.05, 0.1) is 13.2 Å². The minimum Gasteiger partial charge on any atom is -0.373 e. The lowest BCUT2D eigenvalue weighted by Crippen LogP contribution is -2.24. The standard InChI is InChI=1S/C40H70O/c1-3-5-7-9-11-13-33-15-23-37(24-16-33)39-27-19-35(20-28-39)31-41-32-36-21-29-40(30-22-36)38-25-17-34(18-26-38)14-12-10-8-6-4-2/h19,21,33-34,37-40H,3-18,20,22-32H2,1-2H3. The van der Waals surface area contributed by atoms with Gasteiger partial charge in [-0.1, -0.05) is 129 Å². The van der Waals surface area contributed by atoms with Crippen LogP contribution in [0.2, 0.25) is 0 Å². The third kappa shape index (κ3) is 12.2. The maximum Gasteiger partial charge on any atom is 0.0681 e. The molecule has 1 nitrogen and oxygen atoms in total. The average molecular weight is 567 g/mol. The second-order valence-electron chi connectivity index (χ2n) is 15.3. The SMILES string of the molecule is CCCCCCCC1CCC(C2CC=C(COCC3=CCC(C4CCC(CCCCCCC)CC4)CC3)CC2)CC1. The number of allylic oxidation sites excluding steroid dienone is 2. The zero-order valence-electron chi connectivity index (χ0n) is 27.8. The second kappa shape index (κ2) is 19.7. The van der Waals surface area contributed by atoms with Crippen molar-refractivity contribution >= 4 is 0 Å². The highest BCUT2D eigenvalue weighted by Crippen LogP contribution is 2.42. The number of ether oxygens (including phenoxy) is 1. The van der Waals surface area contributed by atoms with Crippen molar-refractivity contribution in [2.45, 2.75) is 181 Å². The molecule has 0 aromatic carbocycles. The van der Waals surface area contributed by atoms with E-state index in [1.54, 1.807) is 11.1 Å². The lowest BCUT2D eigenvalue weighted by Gasteiger charge is -2.36. The Morgan fingerprint density at radius 3 is 1.27 bits per heavy atom. The zero-order valence-corrected chi connectivity index (χ0v) is 27.8. The summed E-state index contributed by atoms with van der Waals surface area (Å²) in [6, 6.07) is 0. The van der Waals surface area contributed by atoms with Gasteiger partial charge in [-0.25, -0.2) is 0 Å². The fraction of sp³-hybridized carbons (Fsp3) is 0.900. The predicted molar refractivity (Wildman–Crippen MR) is 179 cm³/mol. The minimum atomic E-state index is 0.890. The maximum atomic E-state index is 6.29. The van der Waals surface area contributed by atoms with E-state index in [0.29, 0.717) is 0 Å². The maximum absolute atomic E-state index is 6.29. The topological polar surface area (TPSA) is 9.23 Å². The fourth-order valence-electron chi connectivity index (χ4n) is 9.22. The van der Waals surface area contributed by atoms with Gasteiger partial charge in [0.15, 0.2) is 0 Å². The molecule has 0 saturated heterocycles. The van der Waals surface area contributed by atoms with Crippen molar-refractivity contribution in [1.82, 2.24) is 0 Å². The Labute approximate surface area is 257 Å². The van der Waals surface area contributed by atoms with Crippen molar-refractivity contribution in [3.05, 3.63) is 23.3 Å². The molecule has 2 atom stereocenters. The molecule has 0 N–H and O–H groups in total. The molecule has 0 amide bonds. The van der Waals surface area contributed by atoms with Crippen LogP contribution in [0.5, 0.6) is 0 Å². The molecular weight excluding hydrogens is 496 g/mol. The summed E-state index contributed by atoms with van der Waals surface area (Å²) in [5.41, 5.74) is 3.19. The largest absolute Gasteiger partial charge is 0.373 e. The molecule has 236 valence electrons. The summed E-state index contributed by atoms with van der Waals surface area (Å²) in [6.45, 7) is 6.42. The highest BCUT2D eigenvalue weighted by Gasteiger charge is 2.30. The zero-order chi connectivity index (χ0) is 28.5. The van der Waals surface area contributed by atoms with Crippen molar-refractivity contribution in [1.29, 1.82) is 0 Å². The summed E-state index contributed by atoms with van der Waals surface area (Å²) in [5, 5.41) is 0. The Morgan fingerprint density at radius 1 is 0.488 bits per heavy atom. The molecule has 2 unspecified atom stereocenters. The Kier molecular flexibility index (Phi) is 16.0. The molecule has 0 aromatic heterocycles. The van der Waals surface area contributed by atoms with Gasteiger partial charge in [-0.2, -0.15) is 0 Å². The van der Waals surface area contributed by atoms with Gasteiger partial charge in [-0.05, 0) is 111 Å². The van der Waals surface area contributed by atoms with E-state index in [-0.39, 0.29) is 0 Å². The molecule has 1 heteroatoms. The van der Waals surface area contributed by atoms with E-state index in [9.17, 15) is 0 Å². The van der Waals surface area contributed by atoms with E-state index in [2.05, 4.69) is 26.0 Å². The van der Waals surface area contributed by atoms with Gasteiger partial charge in [-0.15, -0.1) is 0 Å². The Balaban J connectivity index is 1.03. The van der Waals surface area contributed by atoms with Gasteiger partial charge in [0.1, 0.15) is 0 Å². The van der Waals surface area contributed by atoms with Gasteiger partial charge >= 0.3 is 0 Å². The Bertz CT molecular complexity index is 670. The summed E-state index contributed by atoms with van der Waals surface area (Å²) >= 11 is 0. The third-order valence-electron chi connectivity index (χ3n) is 12.2. The molecule has 0 spiro atoms. The van der Waals surface area contributed by atoms with Crippen LogP contribution in [0.25, 0.3) is 0 Å². The molecule has 41 heavy (non-hydrogen) atoms. The van der Waals surface area contributed by atoms with Crippen LogP contribution >= 0.6 is 0 Å². The van der Waals surface area contributed by atoms with E-state index >= 15 is 0 Å². The molecule has 2 saturated carbocycles. The van der Waals surface area contributed by atoms with Crippen LogP contribution < -0.4 is 0 Å². The molecule has 0 aliphatic heterocycles. The van der Waals surface area contributed by atoms with Crippen molar-refractivity contribution in [3.63, 3.8) is 0 Å². The van der Waals surface area contributed by atoms with E-state index in [0.717, 1.165) is 48.7 Å². The monoisotopic (exact) mass is 567 g/mol. The second-order valence-corrected chi connectivity index (χ2v) is 15.3. The van der Waals surface area contributed by atoms with Gasteiger partial charge in [0.2, 0.25) is 0 Å². The smallest absolute Gasteiger partial charge is 0.0681 e. The van der Waals surface area contributed by atoms with Gasteiger partial charge < -0.3 is 4.74 Å². The van der Waals surface area contributed by atoms with Crippen LogP contribution in [-0.4, -0.2) is 13.2 Å². The molecule has 0 bridgehead atoms. The van der Waals surface area contributed by atoms with Crippen LogP contribution in [0, 0.1) is 35.5 Å². The number of hydrogen-bond acceptors (Lipinski definition) is 1. The van der Waals surface area contributed by atoms with Crippen LogP contribution in [0.1, 0.15) is 181 Å². The lowest BCUT2D eigenvalue weighted by molar-refractivity contribution is 0.154. The highest BCUT2D eigenvalue weighted by atomic mass is 16.5. The number of rotatable bonds is 18. The quantitative estimate of drug-likeness (QED) is 0.118. The summed E-state index contributed by atoms with van der Waals surface area (Å²) in [7, 11) is 0. The molecule has 0 aromatic rings. The summed E-state index contributed by atoms with van der Waals surface area (Å²) in [4.78, 5) is 0. The first-order valence-corrected chi connectivity index (χ1v) is 19.2. The normalized spacial score (nSPS) is 31.1. The molecule has 0 radical (unpaired) electrons.